The predicted molar refractivity (Wildman–Crippen MR) is 39.8 cm³/mol. The van der Waals surface area contributed by atoms with E-state index in [-0.39, 0.29) is 0 Å². The second-order valence-electron chi connectivity index (χ2n) is 2.59. The number of hydrogen-bond acceptors (Lipinski definition) is 3. The zero-order valence-electron chi connectivity index (χ0n) is 6.06. The monoisotopic (exact) mass is 151 g/mol. The van der Waals surface area contributed by atoms with Gasteiger partial charge < -0.3 is 5.21 Å². The van der Waals surface area contributed by atoms with Gasteiger partial charge in [0.25, 0.3) is 0 Å². The van der Waals surface area contributed by atoms with Crippen LogP contribution in [-0.2, 0) is 6.54 Å². The zero-order valence-corrected chi connectivity index (χ0v) is 6.06. The normalized spacial score (nSPS) is 20.2. The van der Waals surface area contributed by atoms with Gasteiger partial charge in [0.1, 0.15) is 5.71 Å². The molecule has 0 saturated heterocycles. The molecule has 0 fully saturated rings. The van der Waals surface area contributed by atoms with E-state index in [9.17, 15) is 0 Å². The van der Waals surface area contributed by atoms with E-state index in [2.05, 4.69) is 10.3 Å². The number of nitrogens with zero attached hydrogens (tertiary/aromatic N) is 3. The lowest BCUT2D eigenvalue weighted by Crippen LogP contribution is -2.17. The smallest absolute Gasteiger partial charge is 0.105 e. The van der Waals surface area contributed by atoms with Crippen LogP contribution in [0.3, 0.4) is 0 Å². The third-order valence-electron chi connectivity index (χ3n) is 1.92. The SMILES string of the molecule is O/N=C1\CCCn2nccc21. The molecule has 1 N–H and O–H groups in total. The van der Waals surface area contributed by atoms with Crippen molar-refractivity contribution in [3.05, 3.63) is 18.0 Å². The van der Waals surface area contributed by atoms with Gasteiger partial charge in [-0.1, -0.05) is 5.16 Å². The molecule has 0 saturated carbocycles. The lowest BCUT2D eigenvalue weighted by molar-refractivity contribution is 0.316. The van der Waals surface area contributed by atoms with Gasteiger partial charge in [-0.05, 0) is 18.9 Å². The molecular weight excluding hydrogens is 142 g/mol. The molecule has 0 atom stereocenters. The summed E-state index contributed by atoms with van der Waals surface area (Å²) >= 11 is 0. The highest BCUT2D eigenvalue weighted by molar-refractivity contribution is 5.99. The fourth-order valence-corrected chi connectivity index (χ4v) is 1.38. The van der Waals surface area contributed by atoms with Crippen LogP contribution in [0.5, 0.6) is 0 Å². The van der Waals surface area contributed by atoms with Crippen molar-refractivity contribution in [2.45, 2.75) is 19.4 Å². The molecule has 1 aromatic heterocycles. The summed E-state index contributed by atoms with van der Waals surface area (Å²) in [7, 11) is 0. The van der Waals surface area contributed by atoms with Crippen LogP contribution in [0.25, 0.3) is 0 Å². The average molecular weight is 151 g/mol. The summed E-state index contributed by atoms with van der Waals surface area (Å²) in [6.07, 6.45) is 3.59. The summed E-state index contributed by atoms with van der Waals surface area (Å²) in [5, 5.41) is 15.9. The molecule has 1 aromatic rings. The number of oxime groups is 1. The molecule has 2 rings (SSSR count). The van der Waals surface area contributed by atoms with E-state index in [0.717, 1.165) is 30.8 Å². The van der Waals surface area contributed by atoms with Gasteiger partial charge in [-0.15, -0.1) is 0 Å². The summed E-state index contributed by atoms with van der Waals surface area (Å²) < 4.78 is 1.86. The van der Waals surface area contributed by atoms with Gasteiger partial charge in [-0.2, -0.15) is 5.10 Å². The molecule has 1 aliphatic rings. The summed E-state index contributed by atoms with van der Waals surface area (Å²) in [5.74, 6) is 0. The first-order chi connectivity index (χ1) is 5.42. The van der Waals surface area contributed by atoms with E-state index in [4.69, 9.17) is 5.21 Å². The molecule has 0 spiro atoms. The standard InChI is InChI=1S/C7H9N3O/c11-9-6-2-1-5-10-7(6)3-4-8-10/h3-4,11H,1-2,5H2/b9-6+. The van der Waals surface area contributed by atoms with Crippen molar-refractivity contribution in [2.75, 3.05) is 0 Å². The van der Waals surface area contributed by atoms with Crippen molar-refractivity contribution in [1.82, 2.24) is 9.78 Å². The van der Waals surface area contributed by atoms with Crippen molar-refractivity contribution in [2.24, 2.45) is 5.16 Å². The highest BCUT2D eigenvalue weighted by atomic mass is 16.4. The summed E-state index contributed by atoms with van der Waals surface area (Å²) in [6.45, 7) is 0.932. The van der Waals surface area contributed by atoms with Gasteiger partial charge in [-0.3, -0.25) is 4.68 Å². The predicted octanol–water partition coefficient (Wildman–Crippen LogP) is 0.855. The van der Waals surface area contributed by atoms with Gasteiger partial charge in [-0.25, -0.2) is 0 Å². The molecule has 0 aromatic carbocycles. The maximum atomic E-state index is 8.60. The molecule has 2 heterocycles. The van der Waals surface area contributed by atoms with Crippen molar-refractivity contribution in [1.29, 1.82) is 0 Å². The van der Waals surface area contributed by atoms with Gasteiger partial charge in [0.05, 0.1) is 5.69 Å². The average Bonchev–Trinajstić information content (AvgIpc) is 2.50. The minimum Gasteiger partial charge on any atom is -0.411 e. The maximum Gasteiger partial charge on any atom is 0.105 e. The Morgan fingerprint density at radius 2 is 2.55 bits per heavy atom. The molecule has 4 nitrogen and oxygen atoms in total. The van der Waals surface area contributed by atoms with Crippen LogP contribution in [-0.4, -0.2) is 20.7 Å². The fraction of sp³-hybridized carbons (Fsp3) is 0.429. The Morgan fingerprint density at radius 3 is 3.36 bits per heavy atom. The molecule has 0 bridgehead atoms. The van der Waals surface area contributed by atoms with Crippen LogP contribution < -0.4 is 0 Å². The molecule has 0 aliphatic carbocycles. The summed E-state index contributed by atoms with van der Waals surface area (Å²) in [6, 6.07) is 1.87. The number of rotatable bonds is 0. The Bertz CT molecular complexity index is 290. The van der Waals surface area contributed by atoms with E-state index in [1.54, 1.807) is 6.20 Å². The maximum absolute atomic E-state index is 8.60. The van der Waals surface area contributed by atoms with E-state index in [0.29, 0.717) is 0 Å². The second kappa shape index (κ2) is 2.38. The van der Waals surface area contributed by atoms with Gasteiger partial charge in [0.15, 0.2) is 0 Å². The quantitative estimate of drug-likeness (QED) is 0.441. The van der Waals surface area contributed by atoms with Crippen LogP contribution in [0.1, 0.15) is 18.5 Å². The van der Waals surface area contributed by atoms with E-state index >= 15 is 0 Å². The molecule has 0 amide bonds. The number of aryl methyl sites for hydroxylation is 1. The first-order valence-electron chi connectivity index (χ1n) is 3.65. The minimum atomic E-state index is 0.744. The lowest BCUT2D eigenvalue weighted by Gasteiger charge is -2.13. The van der Waals surface area contributed by atoms with E-state index in [1.807, 2.05) is 10.7 Å². The van der Waals surface area contributed by atoms with Crippen molar-refractivity contribution in [3.8, 4) is 0 Å². The van der Waals surface area contributed by atoms with Crippen LogP contribution >= 0.6 is 0 Å². The van der Waals surface area contributed by atoms with Crippen molar-refractivity contribution >= 4 is 5.71 Å². The Morgan fingerprint density at radius 1 is 1.64 bits per heavy atom. The van der Waals surface area contributed by atoms with Crippen LogP contribution in [0, 0.1) is 0 Å². The molecule has 1 aliphatic heterocycles. The van der Waals surface area contributed by atoms with Gasteiger partial charge in [0, 0.05) is 12.7 Å². The summed E-state index contributed by atoms with van der Waals surface area (Å²) in [4.78, 5) is 0. The topological polar surface area (TPSA) is 50.4 Å². The number of hydrogen-bond donors (Lipinski definition) is 1. The molecule has 4 heteroatoms. The fourth-order valence-electron chi connectivity index (χ4n) is 1.38. The Kier molecular flexibility index (Phi) is 1.38. The van der Waals surface area contributed by atoms with Crippen molar-refractivity contribution in [3.63, 3.8) is 0 Å². The highest BCUT2D eigenvalue weighted by Crippen LogP contribution is 2.13. The van der Waals surface area contributed by atoms with Gasteiger partial charge in [0.2, 0.25) is 0 Å². The third-order valence-corrected chi connectivity index (χ3v) is 1.92. The largest absolute Gasteiger partial charge is 0.411 e. The van der Waals surface area contributed by atoms with Gasteiger partial charge >= 0.3 is 0 Å². The van der Waals surface area contributed by atoms with E-state index < -0.39 is 0 Å². The number of aromatic nitrogens is 2. The summed E-state index contributed by atoms with van der Waals surface area (Å²) in [5.41, 5.74) is 1.69. The molecule has 58 valence electrons. The third kappa shape index (κ3) is 0.906. The van der Waals surface area contributed by atoms with Crippen LogP contribution in [0.4, 0.5) is 0 Å². The van der Waals surface area contributed by atoms with Crippen LogP contribution in [0.15, 0.2) is 17.4 Å². The molecule has 11 heavy (non-hydrogen) atoms. The lowest BCUT2D eigenvalue weighted by atomic mass is 10.1. The zero-order chi connectivity index (χ0) is 7.68. The highest BCUT2D eigenvalue weighted by Gasteiger charge is 2.15. The first kappa shape index (κ1) is 6.39. The van der Waals surface area contributed by atoms with E-state index in [1.165, 1.54) is 0 Å². The molecule has 0 radical (unpaired) electrons. The molecule has 0 unspecified atom stereocenters. The van der Waals surface area contributed by atoms with Crippen molar-refractivity contribution < 1.29 is 5.21 Å². The minimum absolute atomic E-state index is 0.744. The number of fused-ring (bicyclic) bond motifs is 1. The Balaban J connectivity index is 2.48. The first-order valence-corrected chi connectivity index (χ1v) is 3.65. The Labute approximate surface area is 64.1 Å². The molecular formula is C7H9N3O. The second-order valence-corrected chi connectivity index (χ2v) is 2.59. The Hall–Kier alpha value is -1.32. The van der Waals surface area contributed by atoms with Crippen LogP contribution in [0.2, 0.25) is 0 Å².